The van der Waals surface area contributed by atoms with E-state index in [2.05, 4.69) is 9.82 Å². The van der Waals surface area contributed by atoms with Crippen LogP contribution in [0.3, 0.4) is 0 Å². The van der Waals surface area contributed by atoms with Gasteiger partial charge in [0.1, 0.15) is 6.10 Å². The molecule has 0 spiro atoms. The molecule has 0 fully saturated rings. The average molecular weight is 242 g/mol. The van der Waals surface area contributed by atoms with Gasteiger partial charge in [-0.05, 0) is 6.92 Å². The smallest absolute Gasteiger partial charge is 0.305 e. The summed E-state index contributed by atoms with van der Waals surface area (Å²) in [6.45, 7) is 1.16. The van der Waals surface area contributed by atoms with Crippen molar-refractivity contribution in [3.63, 3.8) is 0 Å². The first-order valence-electron chi connectivity index (χ1n) is 3.64. The molecule has 84 valence electrons. The van der Waals surface area contributed by atoms with Gasteiger partial charge in [0.2, 0.25) is 0 Å². The van der Waals surface area contributed by atoms with Crippen LogP contribution in [-0.2, 0) is 11.0 Å². The molecule has 0 N–H and O–H groups in total. The molecule has 0 saturated heterocycles. The summed E-state index contributed by atoms with van der Waals surface area (Å²) in [5.41, 5.74) is -0.167. The fourth-order valence-corrected chi connectivity index (χ4v) is 1.72. The molecule has 0 aliphatic rings. The Kier molecular flexibility index (Phi) is 3.12. The highest BCUT2D eigenvalue weighted by atomic mass is 32.1. The van der Waals surface area contributed by atoms with Crippen LogP contribution in [0.5, 0.6) is 0 Å². The van der Waals surface area contributed by atoms with Crippen LogP contribution in [0.25, 0.3) is 0 Å². The minimum Gasteiger partial charge on any atom is -0.305 e. The third-order valence-electron chi connectivity index (χ3n) is 1.48. The first-order valence-corrected chi connectivity index (χ1v) is 4.52. The van der Waals surface area contributed by atoms with Gasteiger partial charge < -0.3 is 4.84 Å². The van der Waals surface area contributed by atoms with Crippen molar-refractivity contribution in [2.45, 2.75) is 19.2 Å². The summed E-state index contributed by atoms with van der Waals surface area (Å²) in [4.78, 5) is 16.8. The first-order chi connectivity index (χ1) is 6.82. The van der Waals surface area contributed by atoms with Gasteiger partial charge in [0.05, 0.1) is 10.4 Å². The standard InChI is InChI=1S/C6H5F3N2O3S/c1-3(14-11(12)13)4-5(6(7,8)9)10-2-15-4/h2-3H,1H3. The second-order valence-corrected chi connectivity index (χ2v) is 3.42. The van der Waals surface area contributed by atoms with E-state index in [1.54, 1.807) is 0 Å². The van der Waals surface area contributed by atoms with E-state index in [1.165, 1.54) is 0 Å². The molecule has 9 heteroatoms. The fourth-order valence-electron chi connectivity index (χ4n) is 0.933. The molecule has 1 aromatic heterocycles. The van der Waals surface area contributed by atoms with Crippen molar-refractivity contribution in [1.29, 1.82) is 0 Å². The van der Waals surface area contributed by atoms with Crippen molar-refractivity contribution in [2.75, 3.05) is 0 Å². The molecule has 5 nitrogen and oxygen atoms in total. The SMILES string of the molecule is CC(O[N+](=O)[O-])c1scnc1C(F)(F)F. The molecular formula is C6H5F3N2O3S. The van der Waals surface area contributed by atoms with Gasteiger partial charge in [0.15, 0.2) is 5.69 Å². The molecule has 0 saturated carbocycles. The minimum absolute atomic E-state index is 0.306. The summed E-state index contributed by atoms with van der Waals surface area (Å²) in [7, 11) is 0. The Bertz CT molecular complexity index is 365. The normalized spacial score (nSPS) is 13.6. The molecule has 0 aromatic carbocycles. The van der Waals surface area contributed by atoms with Gasteiger partial charge in [-0.1, -0.05) is 0 Å². The zero-order valence-electron chi connectivity index (χ0n) is 7.32. The lowest BCUT2D eigenvalue weighted by Crippen LogP contribution is -2.13. The highest BCUT2D eigenvalue weighted by Crippen LogP contribution is 2.36. The van der Waals surface area contributed by atoms with Crippen molar-refractivity contribution < 1.29 is 23.1 Å². The summed E-state index contributed by atoms with van der Waals surface area (Å²) in [5, 5.41) is 8.82. The van der Waals surface area contributed by atoms with Crippen molar-refractivity contribution in [3.8, 4) is 0 Å². The van der Waals surface area contributed by atoms with Crippen LogP contribution in [0, 0.1) is 10.1 Å². The minimum atomic E-state index is -4.62. The van der Waals surface area contributed by atoms with Crippen LogP contribution in [0.1, 0.15) is 23.6 Å². The lowest BCUT2D eigenvalue weighted by Gasteiger charge is -2.10. The number of rotatable bonds is 3. The quantitative estimate of drug-likeness (QED) is 0.603. The van der Waals surface area contributed by atoms with Crippen LogP contribution in [0.15, 0.2) is 5.51 Å². The predicted molar refractivity (Wildman–Crippen MR) is 43.6 cm³/mol. The molecule has 0 aliphatic heterocycles. The maximum atomic E-state index is 12.3. The second kappa shape index (κ2) is 4.01. The summed E-state index contributed by atoms with van der Waals surface area (Å²) in [5.74, 6) is 0. The summed E-state index contributed by atoms with van der Waals surface area (Å²) >= 11 is 0.666. The maximum absolute atomic E-state index is 12.3. The summed E-state index contributed by atoms with van der Waals surface area (Å²) in [6.07, 6.45) is -5.90. The van der Waals surface area contributed by atoms with E-state index in [1.807, 2.05) is 0 Å². The van der Waals surface area contributed by atoms with Crippen LogP contribution < -0.4 is 0 Å². The van der Waals surface area contributed by atoms with Gasteiger partial charge in [-0.2, -0.15) is 13.2 Å². The molecule has 15 heavy (non-hydrogen) atoms. The molecule has 1 unspecified atom stereocenters. The Morgan fingerprint density at radius 2 is 2.27 bits per heavy atom. The highest BCUT2D eigenvalue weighted by Gasteiger charge is 2.38. The third-order valence-corrected chi connectivity index (χ3v) is 2.47. The van der Waals surface area contributed by atoms with E-state index < -0.39 is 23.1 Å². The largest absolute Gasteiger partial charge is 0.434 e. The van der Waals surface area contributed by atoms with E-state index in [-0.39, 0.29) is 4.88 Å². The maximum Gasteiger partial charge on any atom is 0.434 e. The van der Waals surface area contributed by atoms with Crippen LogP contribution in [-0.4, -0.2) is 10.1 Å². The van der Waals surface area contributed by atoms with Gasteiger partial charge in [-0.3, -0.25) is 0 Å². The molecule has 1 heterocycles. The Labute approximate surface area is 85.6 Å². The molecule has 0 bridgehead atoms. The molecule has 1 rings (SSSR count). The number of alkyl halides is 3. The zero-order chi connectivity index (χ0) is 11.6. The Morgan fingerprint density at radius 3 is 2.73 bits per heavy atom. The van der Waals surface area contributed by atoms with Crippen LogP contribution in [0.2, 0.25) is 0 Å². The van der Waals surface area contributed by atoms with Crippen LogP contribution >= 0.6 is 11.3 Å². The van der Waals surface area contributed by atoms with E-state index in [0.717, 1.165) is 12.4 Å². The molecule has 0 amide bonds. The zero-order valence-corrected chi connectivity index (χ0v) is 8.13. The Hall–Kier alpha value is -1.38. The first kappa shape index (κ1) is 11.7. The van der Waals surface area contributed by atoms with E-state index >= 15 is 0 Å². The van der Waals surface area contributed by atoms with E-state index in [9.17, 15) is 23.3 Å². The average Bonchev–Trinajstić information content (AvgIpc) is 2.48. The number of halogens is 3. The van der Waals surface area contributed by atoms with E-state index in [0.29, 0.717) is 11.3 Å². The predicted octanol–water partition coefficient (Wildman–Crippen LogP) is 2.43. The number of hydrogen-bond acceptors (Lipinski definition) is 5. The molecule has 1 aromatic rings. The monoisotopic (exact) mass is 242 g/mol. The fraction of sp³-hybridized carbons (Fsp3) is 0.500. The van der Waals surface area contributed by atoms with Crippen molar-refractivity contribution in [3.05, 3.63) is 26.2 Å². The van der Waals surface area contributed by atoms with Gasteiger partial charge >= 0.3 is 6.18 Å². The number of thiazole rings is 1. The summed E-state index contributed by atoms with van der Waals surface area (Å²) in [6, 6.07) is 0. The number of hydrogen-bond donors (Lipinski definition) is 0. The summed E-state index contributed by atoms with van der Waals surface area (Å²) < 4.78 is 36.9. The molecule has 0 radical (unpaired) electrons. The van der Waals surface area contributed by atoms with Gasteiger partial charge in [-0.25, -0.2) is 4.98 Å². The van der Waals surface area contributed by atoms with Crippen molar-refractivity contribution in [2.24, 2.45) is 0 Å². The molecule has 1 atom stereocenters. The number of nitrogens with zero attached hydrogens (tertiary/aromatic N) is 2. The van der Waals surface area contributed by atoms with Gasteiger partial charge in [0.25, 0.3) is 5.09 Å². The lowest BCUT2D eigenvalue weighted by molar-refractivity contribution is -0.769. The Balaban J connectivity index is 2.95. The topological polar surface area (TPSA) is 65.3 Å². The van der Waals surface area contributed by atoms with Crippen molar-refractivity contribution >= 4 is 11.3 Å². The molecular weight excluding hydrogens is 237 g/mol. The van der Waals surface area contributed by atoms with Gasteiger partial charge in [0, 0.05) is 0 Å². The Morgan fingerprint density at radius 1 is 1.67 bits per heavy atom. The van der Waals surface area contributed by atoms with E-state index in [4.69, 9.17) is 0 Å². The third kappa shape index (κ3) is 2.78. The number of aromatic nitrogens is 1. The van der Waals surface area contributed by atoms with Gasteiger partial charge in [-0.15, -0.1) is 21.5 Å². The van der Waals surface area contributed by atoms with Crippen LogP contribution in [0.4, 0.5) is 13.2 Å². The van der Waals surface area contributed by atoms with Crippen molar-refractivity contribution in [1.82, 2.24) is 4.98 Å². The molecule has 0 aliphatic carbocycles. The lowest BCUT2D eigenvalue weighted by atomic mass is 10.2. The highest BCUT2D eigenvalue weighted by molar-refractivity contribution is 7.09. The second-order valence-electron chi connectivity index (χ2n) is 2.53.